The molecule has 0 spiro atoms. The summed E-state index contributed by atoms with van der Waals surface area (Å²) < 4.78 is 68.8. The van der Waals surface area contributed by atoms with Gasteiger partial charge in [-0.05, 0) is 88.5 Å². The fourth-order valence-corrected chi connectivity index (χ4v) is 11.0. The molecule has 1 saturated heterocycles. The minimum atomic E-state index is -3.99. The molecule has 0 radical (unpaired) electrons. The number of allylic oxidation sites excluding steroid dienone is 2. The first-order valence-electron chi connectivity index (χ1n) is 21.4. The van der Waals surface area contributed by atoms with E-state index >= 15 is 0 Å². The van der Waals surface area contributed by atoms with Crippen molar-refractivity contribution in [2.45, 2.75) is 121 Å². The molecule has 8 rings (SSSR count). The van der Waals surface area contributed by atoms with Gasteiger partial charge in [0.05, 0.1) is 41.1 Å². The zero-order valence-electron chi connectivity index (χ0n) is 35.6. The van der Waals surface area contributed by atoms with E-state index in [0.717, 1.165) is 36.2 Å². The predicted octanol–water partition coefficient (Wildman–Crippen LogP) is 8.39. The van der Waals surface area contributed by atoms with Gasteiger partial charge in [-0.15, -0.1) is 11.3 Å². The lowest BCUT2D eigenvalue weighted by Crippen LogP contribution is -2.49. The van der Waals surface area contributed by atoms with Gasteiger partial charge in [-0.1, -0.05) is 38.8 Å². The number of halogens is 2. The van der Waals surface area contributed by atoms with Crippen molar-refractivity contribution in [2.24, 2.45) is 11.3 Å². The van der Waals surface area contributed by atoms with Crippen LogP contribution >= 0.6 is 11.3 Å². The van der Waals surface area contributed by atoms with Crippen LogP contribution in [0.4, 0.5) is 14.5 Å². The van der Waals surface area contributed by atoms with Crippen LogP contribution in [0.5, 0.6) is 11.5 Å². The van der Waals surface area contributed by atoms with Crippen molar-refractivity contribution in [1.29, 1.82) is 0 Å². The van der Waals surface area contributed by atoms with Crippen molar-refractivity contribution in [1.82, 2.24) is 19.6 Å². The van der Waals surface area contributed by atoms with Gasteiger partial charge in [0, 0.05) is 47.0 Å². The van der Waals surface area contributed by atoms with E-state index in [4.69, 9.17) is 19.4 Å². The van der Waals surface area contributed by atoms with Gasteiger partial charge in [0.2, 0.25) is 21.8 Å². The normalized spacial score (nSPS) is 25.6. The Labute approximate surface area is 364 Å². The lowest BCUT2D eigenvalue weighted by Gasteiger charge is -2.30. The Balaban J connectivity index is 1.16. The smallest absolute Gasteiger partial charge is 0.245 e. The third kappa shape index (κ3) is 8.56. The molecule has 0 unspecified atom stereocenters. The number of carbonyl (C=O) groups is 3. The predicted molar refractivity (Wildman–Crippen MR) is 234 cm³/mol. The molecule has 0 bridgehead atoms. The summed E-state index contributed by atoms with van der Waals surface area (Å²) in [4.78, 5) is 55.1. The number of amides is 2. The molecule has 4 aromatic rings. The largest absolute Gasteiger partial charge is 0.496 e. The van der Waals surface area contributed by atoms with Crippen molar-refractivity contribution in [2.75, 3.05) is 19.0 Å². The standard InChI is InChI=1S/C46H53F2N5O7S2/c1-26(2)36-25-61-42(51-36)35-21-40(31-14-16-39(59-5)27(3)41(31)50-35)60-30-20-37-38(54)23-46(44(56)52-62(57,58)45(4)17-18-45)22-28(46)11-9-7-6-8-10-12-34(43(55)53(37)24-30)49-29-13-15-32(47)33(48)19-29/h9,11,13-16,19,21,25-26,28,30,34,37,49H,6-8,10,12,17-18,20,22-24H2,1-5H3,(H,52,56)/b11-9-/t28-,30-,34+,37+,46-/m1/s1. The number of sulfonamides is 1. The Morgan fingerprint density at radius 2 is 1.82 bits per heavy atom. The van der Waals surface area contributed by atoms with Gasteiger partial charge < -0.3 is 19.7 Å². The van der Waals surface area contributed by atoms with Crippen LogP contribution in [0.1, 0.15) is 102 Å². The molecule has 4 heterocycles. The number of ether oxygens (including phenoxy) is 2. The number of fused-ring (bicyclic) bond motifs is 3. The molecule has 16 heteroatoms. The summed E-state index contributed by atoms with van der Waals surface area (Å²) in [7, 11) is -2.40. The van der Waals surface area contributed by atoms with Crippen LogP contribution in [-0.4, -0.2) is 77.5 Å². The Morgan fingerprint density at radius 3 is 2.53 bits per heavy atom. The highest BCUT2D eigenvalue weighted by atomic mass is 32.2. The average Bonchev–Trinajstić information content (AvgIpc) is 4.00. The minimum absolute atomic E-state index is 0.00347. The zero-order chi connectivity index (χ0) is 44.1. The third-order valence-corrected chi connectivity index (χ3v) is 16.1. The molecule has 2 saturated carbocycles. The molecular formula is C46H53F2N5O7S2. The van der Waals surface area contributed by atoms with Crippen molar-refractivity contribution in [3.05, 3.63) is 76.8 Å². The molecule has 2 aromatic carbocycles. The van der Waals surface area contributed by atoms with Gasteiger partial charge in [0.25, 0.3) is 0 Å². The summed E-state index contributed by atoms with van der Waals surface area (Å²) in [5, 5.41) is 6.53. The molecule has 2 aromatic heterocycles. The molecule has 2 aliphatic heterocycles. The van der Waals surface area contributed by atoms with E-state index in [9.17, 15) is 31.6 Å². The number of nitrogens with one attached hydrogen (secondary N) is 2. The molecule has 3 fully saturated rings. The van der Waals surface area contributed by atoms with Crippen molar-refractivity contribution in [3.63, 3.8) is 0 Å². The zero-order valence-corrected chi connectivity index (χ0v) is 37.3. The van der Waals surface area contributed by atoms with Gasteiger partial charge in [0.1, 0.15) is 34.3 Å². The number of methoxy groups -OCH3 is 1. The number of Topliss-reactive ketones (excluding diaryl/α,β-unsaturated/α-hetero) is 1. The van der Waals surface area contributed by atoms with Crippen molar-refractivity contribution in [3.8, 4) is 22.2 Å². The first-order chi connectivity index (χ1) is 29.5. The van der Waals surface area contributed by atoms with Gasteiger partial charge >= 0.3 is 0 Å². The van der Waals surface area contributed by atoms with E-state index in [1.807, 2.05) is 42.7 Å². The number of nitrogens with zero attached hydrogens (tertiary/aromatic N) is 3. The van der Waals surface area contributed by atoms with Gasteiger partial charge in [-0.3, -0.25) is 19.1 Å². The summed E-state index contributed by atoms with van der Waals surface area (Å²) >= 11 is 1.47. The Hall–Kier alpha value is -4.96. The lowest BCUT2D eigenvalue weighted by atomic mass is 9.91. The second-order valence-electron chi connectivity index (χ2n) is 17.9. The number of aryl methyl sites for hydroxylation is 1. The maximum atomic E-state index is 14.9. The van der Waals surface area contributed by atoms with E-state index in [-0.39, 0.29) is 43.3 Å². The van der Waals surface area contributed by atoms with Crippen LogP contribution in [0.25, 0.3) is 21.6 Å². The average molecular weight is 890 g/mol. The third-order valence-electron chi connectivity index (χ3n) is 13.1. The molecular weight excluding hydrogens is 837 g/mol. The van der Waals surface area contributed by atoms with Gasteiger partial charge in [0.15, 0.2) is 17.4 Å². The number of ketones is 1. The number of anilines is 1. The Bertz CT molecular complexity index is 2560. The Morgan fingerprint density at radius 1 is 1.03 bits per heavy atom. The lowest BCUT2D eigenvalue weighted by molar-refractivity contribution is -0.139. The van der Waals surface area contributed by atoms with Crippen LogP contribution in [0.3, 0.4) is 0 Å². The monoisotopic (exact) mass is 889 g/mol. The number of hydrogen-bond donors (Lipinski definition) is 2. The second kappa shape index (κ2) is 17.0. The quantitative estimate of drug-likeness (QED) is 0.148. The van der Waals surface area contributed by atoms with Gasteiger partial charge in [-0.25, -0.2) is 27.2 Å². The number of hydrogen-bond acceptors (Lipinski definition) is 11. The maximum absolute atomic E-state index is 14.9. The highest BCUT2D eigenvalue weighted by Gasteiger charge is 2.62. The van der Waals surface area contributed by atoms with Crippen LogP contribution in [0.2, 0.25) is 0 Å². The van der Waals surface area contributed by atoms with E-state index < -0.39 is 67.6 Å². The summed E-state index contributed by atoms with van der Waals surface area (Å²) in [5.74, 6) is -2.64. The number of thiazole rings is 1. The van der Waals surface area contributed by atoms with E-state index in [2.05, 4.69) is 23.9 Å². The second-order valence-corrected chi connectivity index (χ2v) is 20.9. The summed E-state index contributed by atoms with van der Waals surface area (Å²) in [6.07, 6.45) is 7.39. The summed E-state index contributed by atoms with van der Waals surface area (Å²) in [6.45, 7) is 7.65. The number of pyridine rings is 1. The van der Waals surface area contributed by atoms with Crippen LogP contribution < -0.4 is 19.5 Å². The highest BCUT2D eigenvalue weighted by Crippen LogP contribution is 2.57. The fraction of sp³-hybridized carbons (Fsp3) is 0.500. The summed E-state index contributed by atoms with van der Waals surface area (Å²) in [5.41, 5.74) is 1.86. The SMILES string of the molecule is COc1ccc2c(O[C@@H]3C[C@H]4C(=O)C[C@]5(C(=O)NS(=O)(=O)C6(C)CC6)C[C@H]5/C=C\CCCCC[C@H](Nc5ccc(F)c(F)c5)C(=O)N4C3)cc(-c3nc(C(C)C)cs3)nc2c1C. The van der Waals surface area contributed by atoms with Gasteiger partial charge in [-0.2, -0.15) is 0 Å². The number of aromatic nitrogens is 2. The van der Waals surface area contributed by atoms with E-state index in [1.54, 1.807) is 14.0 Å². The Kier molecular flexibility index (Phi) is 12.0. The molecule has 2 aliphatic carbocycles. The number of benzene rings is 2. The van der Waals surface area contributed by atoms with Crippen molar-refractivity contribution >= 4 is 55.5 Å². The number of carbonyl (C=O) groups excluding carboxylic acids is 3. The fourth-order valence-electron chi connectivity index (χ4n) is 8.73. The molecule has 2 amide bonds. The van der Waals surface area contributed by atoms with Crippen LogP contribution in [-0.2, 0) is 24.4 Å². The van der Waals surface area contributed by atoms with Crippen LogP contribution in [0.15, 0.2) is 53.9 Å². The molecule has 5 atom stereocenters. The number of rotatable bonds is 10. The van der Waals surface area contributed by atoms with E-state index in [0.29, 0.717) is 65.2 Å². The maximum Gasteiger partial charge on any atom is 0.245 e. The minimum Gasteiger partial charge on any atom is -0.496 e. The highest BCUT2D eigenvalue weighted by molar-refractivity contribution is 7.91. The van der Waals surface area contributed by atoms with Crippen LogP contribution in [0, 0.1) is 29.9 Å². The molecule has 4 aliphatic rings. The van der Waals surface area contributed by atoms with Crippen molar-refractivity contribution < 1.29 is 41.1 Å². The topological polar surface area (TPSA) is 157 Å². The molecule has 12 nitrogen and oxygen atoms in total. The first-order valence-corrected chi connectivity index (χ1v) is 23.8. The van der Waals surface area contributed by atoms with E-state index in [1.165, 1.54) is 22.3 Å². The molecule has 62 heavy (non-hydrogen) atoms. The summed E-state index contributed by atoms with van der Waals surface area (Å²) in [6, 6.07) is 6.93. The molecule has 2 N–H and O–H groups in total. The molecule has 330 valence electrons. The first kappa shape index (κ1) is 43.7.